The molecule has 2 amide bonds. The molecule has 0 atom stereocenters. The standard InChI is InChI=1S/C15H19N3O3/c1-2-18(10-4-8-16)15(21)17-9-7-12-5-3-6-13(11-12)14(19)20/h3,5-6,11H,2,4,7,9-10H2,1H3,(H,17,21)(H,19,20). The molecule has 2 N–H and O–H groups in total. The zero-order valence-electron chi connectivity index (χ0n) is 12.0. The number of hydrogen-bond donors (Lipinski definition) is 2. The van der Waals surface area contributed by atoms with E-state index in [9.17, 15) is 9.59 Å². The van der Waals surface area contributed by atoms with Crippen molar-refractivity contribution in [3.63, 3.8) is 0 Å². The van der Waals surface area contributed by atoms with Gasteiger partial charge in [0.15, 0.2) is 0 Å². The number of nitriles is 1. The van der Waals surface area contributed by atoms with Gasteiger partial charge in [0.25, 0.3) is 0 Å². The van der Waals surface area contributed by atoms with Crippen molar-refractivity contribution in [1.82, 2.24) is 10.2 Å². The summed E-state index contributed by atoms with van der Waals surface area (Å²) in [5.74, 6) is -0.963. The summed E-state index contributed by atoms with van der Waals surface area (Å²) in [4.78, 5) is 24.3. The molecule has 0 radical (unpaired) electrons. The molecule has 0 spiro atoms. The predicted octanol–water partition coefficient (Wildman–Crippen LogP) is 1.87. The Morgan fingerprint density at radius 2 is 2.19 bits per heavy atom. The SMILES string of the molecule is CCN(CCC#N)C(=O)NCCc1cccc(C(=O)O)c1. The first-order valence-electron chi connectivity index (χ1n) is 6.80. The lowest BCUT2D eigenvalue weighted by Crippen LogP contribution is -2.41. The number of rotatable bonds is 7. The largest absolute Gasteiger partial charge is 0.478 e. The van der Waals surface area contributed by atoms with Gasteiger partial charge in [0.2, 0.25) is 0 Å². The second kappa shape index (κ2) is 8.59. The Bertz CT molecular complexity index is 537. The van der Waals surface area contributed by atoms with Crippen LogP contribution in [-0.2, 0) is 6.42 Å². The summed E-state index contributed by atoms with van der Waals surface area (Å²) < 4.78 is 0. The van der Waals surface area contributed by atoms with Crippen molar-refractivity contribution >= 4 is 12.0 Å². The van der Waals surface area contributed by atoms with Gasteiger partial charge >= 0.3 is 12.0 Å². The van der Waals surface area contributed by atoms with Gasteiger partial charge in [-0.25, -0.2) is 9.59 Å². The number of urea groups is 1. The highest BCUT2D eigenvalue weighted by atomic mass is 16.4. The Morgan fingerprint density at radius 1 is 1.43 bits per heavy atom. The van der Waals surface area contributed by atoms with Gasteiger partial charge in [-0.05, 0) is 31.0 Å². The molecular formula is C15H19N3O3. The van der Waals surface area contributed by atoms with E-state index in [1.807, 2.05) is 19.1 Å². The van der Waals surface area contributed by atoms with Crippen molar-refractivity contribution < 1.29 is 14.7 Å². The van der Waals surface area contributed by atoms with Gasteiger partial charge in [-0.1, -0.05) is 12.1 Å². The molecule has 0 heterocycles. The summed E-state index contributed by atoms with van der Waals surface area (Å²) in [6, 6.07) is 8.45. The molecule has 1 aromatic rings. The summed E-state index contributed by atoms with van der Waals surface area (Å²) >= 11 is 0. The van der Waals surface area contributed by atoms with Crippen LogP contribution < -0.4 is 5.32 Å². The number of nitrogens with one attached hydrogen (secondary N) is 1. The molecule has 6 nitrogen and oxygen atoms in total. The Hall–Kier alpha value is -2.55. The maximum atomic E-state index is 11.9. The van der Waals surface area contributed by atoms with Gasteiger partial charge < -0.3 is 15.3 Å². The van der Waals surface area contributed by atoms with Crippen LogP contribution in [0.4, 0.5) is 4.79 Å². The quantitative estimate of drug-likeness (QED) is 0.801. The molecule has 1 rings (SSSR count). The average Bonchev–Trinajstić information content (AvgIpc) is 2.48. The fourth-order valence-corrected chi connectivity index (χ4v) is 1.87. The molecule has 0 bridgehead atoms. The van der Waals surface area contributed by atoms with E-state index in [1.165, 1.54) is 6.07 Å². The molecule has 6 heteroatoms. The Labute approximate surface area is 124 Å². The van der Waals surface area contributed by atoms with Crippen LogP contribution >= 0.6 is 0 Å². The Kier molecular flexibility index (Phi) is 6.75. The number of hydrogen-bond acceptors (Lipinski definition) is 3. The Morgan fingerprint density at radius 3 is 2.81 bits per heavy atom. The second-order valence-electron chi connectivity index (χ2n) is 4.48. The lowest BCUT2D eigenvalue weighted by Gasteiger charge is -2.20. The van der Waals surface area contributed by atoms with Gasteiger partial charge in [-0.3, -0.25) is 0 Å². The van der Waals surface area contributed by atoms with E-state index >= 15 is 0 Å². The van der Waals surface area contributed by atoms with E-state index in [-0.39, 0.29) is 11.6 Å². The van der Waals surface area contributed by atoms with Crippen LogP contribution in [0.25, 0.3) is 0 Å². The van der Waals surface area contributed by atoms with Crippen molar-refractivity contribution in [2.45, 2.75) is 19.8 Å². The fourth-order valence-electron chi connectivity index (χ4n) is 1.87. The number of benzene rings is 1. The topological polar surface area (TPSA) is 93.4 Å². The molecule has 1 aromatic carbocycles. The minimum absolute atomic E-state index is 0.206. The van der Waals surface area contributed by atoms with Crippen molar-refractivity contribution in [2.24, 2.45) is 0 Å². The molecule has 21 heavy (non-hydrogen) atoms. The average molecular weight is 289 g/mol. The van der Waals surface area contributed by atoms with Crippen molar-refractivity contribution in [1.29, 1.82) is 5.26 Å². The van der Waals surface area contributed by atoms with Gasteiger partial charge in [-0.15, -0.1) is 0 Å². The number of carbonyl (C=O) groups excluding carboxylic acids is 1. The third-order valence-corrected chi connectivity index (χ3v) is 3.03. The summed E-state index contributed by atoms with van der Waals surface area (Å²) in [7, 11) is 0. The predicted molar refractivity (Wildman–Crippen MR) is 78.0 cm³/mol. The first kappa shape index (κ1) is 16.5. The van der Waals surface area contributed by atoms with E-state index in [2.05, 4.69) is 5.32 Å². The molecule has 0 aromatic heterocycles. The van der Waals surface area contributed by atoms with E-state index in [4.69, 9.17) is 10.4 Å². The maximum Gasteiger partial charge on any atom is 0.335 e. The van der Waals surface area contributed by atoms with Crippen LogP contribution in [0.15, 0.2) is 24.3 Å². The van der Waals surface area contributed by atoms with Crippen molar-refractivity contribution in [3.8, 4) is 6.07 Å². The minimum Gasteiger partial charge on any atom is -0.478 e. The van der Waals surface area contributed by atoms with Crippen LogP contribution in [0.3, 0.4) is 0 Å². The van der Waals surface area contributed by atoms with Gasteiger partial charge in [0, 0.05) is 19.6 Å². The van der Waals surface area contributed by atoms with Crippen LogP contribution in [0.5, 0.6) is 0 Å². The van der Waals surface area contributed by atoms with E-state index in [1.54, 1.807) is 17.0 Å². The normalized spacial score (nSPS) is 9.71. The number of carbonyl (C=O) groups is 2. The number of carboxylic acids is 1. The monoisotopic (exact) mass is 289 g/mol. The number of carboxylic acid groups (broad SMARTS) is 1. The highest BCUT2D eigenvalue weighted by molar-refractivity contribution is 5.87. The number of aromatic carboxylic acids is 1. The maximum absolute atomic E-state index is 11.9. The Balaban J connectivity index is 2.45. The first-order valence-corrected chi connectivity index (χ1v) is 6.80. The molecule has 0 unspecified atom stereocenters. The molecule has 0 saturated heterocycles. The highest BCUT2D eigenvalue weighted by Crippen LogP contribution is 2.05. The number of nitrogens with zero attached hydrogens (tertiary/aromatic N) is 2. The van der Waals surface area contributed by atoms with E-state index < -0.39 is 5.97 Å². The van der Waals surface area contributed by atoms with Crippen LogP contribution in [0.1, 0.15) is 29.3 Å². The molecule has 112 valence electrons. The second-order valence-corrected chi connectivity index (χ2v) is 4.48. The summed E-state index contributed by atoms with van der Waals surface area (Å²) in [5.41, 5.74) is 1.10. The smallest absolute Gasteiger partial charge is 0.335 e. The minimum atomic E-state index is -0.963. The van der Waals surface area contributed by atoms with Crippen LogP contribution in [0.2, 0.25) is 0 Å². The lowest BCUT2D eigenvalue weighted by atomic mass is 10.1. The van der Waals surface area contributed by atoms with Gasteiger partial charge in [0.05, 0.1) is 18.1 Å². The van der Waals surface area contributed by atoms with E-state index in [0.717, 1.165) is 5.56 Å². The third-order valence-electron chi connectivity index (χ3n) is 3.03. The molecule has 0 fully saturated rings. The molecule has 0 aliphatic rings. The van der Waals surface area contributed by atoms with E-state index in [0.29, 0.717) is 32.5 Å². The van der Waals surface area contributed by atoms with Crippen LogP contribution in [0, 0.1) is 11.3 Å². The fraction of sp³-hybridized carbons (Fsp3) is 0.400. The van der Waals surface area contributed by atoms with Gasteiger partial charge in [-0.2, -0.15) is 5.26 Å². The lowest BCUT2D eigenvalue weighted by molar-refractivity contribution is 0.0696. The van der Waals surface area contributed by atoms with Gasteiger partial charge in [0.1, 0.15) is 0 Å². The zero-order valence-corrected chi connectivity index (χ0v) is 12.0. The highest BCUT2D eigenvalue weighted by Gasteiger charge is 2.10. The first-order chi connectivity index (χ1) is 10.1. The molecule has 0 aliphatic heterocycles. The van der Waals surface area contributed by atoms with Crippen molar-refractivity contribution in [2.75, 3.05) is 19.6 Å². The van der Waals surface area contributed by atoms with Crippen LogP contribution in [-0.4, -0.2) is 41.6 Å². The summed E-state index contributed by atoms with van der Waals surface area (Å²) in [5, 5.41) is 20.2. The summed E-state index contributed by atoms with van der Waals surface area (Å²) in [6.45, 7) is 3.23. The molecule has 0 aliphatic carbocycles. The molecule has 0 saturated carbocycles. The number of amides is 2. The van der Waals surface area contributed by atoms with Crippen molar-refractivity contribution in [3.05, 3.63) is 35.4 Å². The molecular weight excluding hydrogens is 270 g/mol. The third kappa shape index (κ3) is 5.53. The summed E-state index contributed by atoms with van der Waals surface area (Å²) in [6.07, 6.45) is 0.866. The zero-order chi connectivity index (χ0) is 15.7.